The number of rotatable bonds is 10. The Hall–Kier alpha value is -3.42. The number of nitro groups is 1. The first kappa shape index (κ1) is 20.9. The van der Waals surface area contributed by atoms with Gasteiger partial charge < -0.3 is 15.7 Å². The van der Waals surface area contributed by atoms with Crippen LogP contribution in [0, 0.1) is 16.0 Å². The average molecular weight is 385 g/mol. The molecule has 1 amide bonds. The molecule has 2 aromatic carbocycles. The van der Waals surface area contributed by atoms with Crippen molar-refractivity contribution < 1.29 is 19.6 Å². The van der Waals surface area contributed by atoms with Gasteiger partial charge in [0.15, 0.2) is 0 Å². The lowest BCUT2D eigenvalue weighted by molar-refractivity contribution is -0.384. The van der Waals surface area contributed by atoms with Crippen LogP contribution in [0.15, 0.2) is 48.5 Å². The SMILES string of the molecule is CC(Cc1ccc(NC(=O)CCCNc2ccc([N+](=O)[O-])cc2)cc1)C(=O)O. The van der Waals surface area contributed by atoms with Gasteiger partial charge in [0, 0.05) is 36.5 Å². The van der Waals surface area contributed by atoms with E-state index in [1.54, 1.807) is 31.2 Å². The Morgan fingerprint density at radius 2 is 1.68 bits per heavy atom. The van der Waals surface area contributed by atoms with Crippen LogP contribution in [0.3, 0.4) is 0 Å². The van der Waals surface area contributed by atoms with E-state index < -0.39 is 16.8 Å². The monoisotopic (exact) mass is 385 g/mol. The minimum Gasteiger partial charge on any atom is -0.481 e. The van der Waals surface area contributed by atoms with Crippen LogP contribution in [0.25, 0.3) is 0 Å². The number of non-ortho nitro benzene ring substituents is 1. The zero-order valence-corrected chi connectivity index (χ0v) is 15.6. The largest absolute Gasteiger partial charge is 0.481 e. The lowest BCUT2D eigenvalue weighted by atomic mass is 10.0. The van der Waals surface area contributed by atoms with Gasteiger partial charge in [-0.2, -0.15) is 0 Å². The highest BCUT2D eigenvalue weighted by Gasteiger charge is 2.11. The minimum absolute atomic E-state index is 0.0355. The first-order valence-corrected chi connectivity index (χ1v) is 8.95. The Balaban J connectivity index is 1.70. The Morgan fingerprint density at radius 1 is 1.07 bits per heavy atom. The molecule has 0 bridgehead atoms. The van der Waals surface area contributed by atoms with Crippen LogP contribution in [-0.4, -0.2) is 28.5 Å². The van der Waals surface area contributed by atoms with Gasteiger partial charge in [-0.25, -0.2) is 0 Å². The number of amides is 1. The third-order valence-corrected chi connectivity index (χ3v) is 4.19. The highest BCUT2D eigenvalue weighted by Crippen LogP contribution is 2.16. The van der Waals surface area contributed by atoms with Gasteiger partial charge in [-0.15, -0.1) is 0 Å². The van der Waals surface area contributed by atoms with Crippen molar-refractivity contribution in [2.75, 3.05) is 17.2 Å². The molecule has 2 rings (SSSR count). The summed E-state index contributed by atoms with van der Waals surface area (Å²) in [5.41, 5.74) is 2.37. The highest BCUT2D eigenvalue weighted by molar-refractivity contribution is 5.90. The summed E-state index contributed by atoms with van der Waals surface area (Å²) in [6, 6.07) is 13.3. The molecule has 0 aliphatic carbocycles. The van der Waals surface area contributed by atoms with Gasteiger partial charge in [0.2, 0.25) is 5.91 Å². The van der Waals surface area contributed by atoms with Crippen LogP contribution in [0.2, 0.25) is 0 Å². The number of nitrogens with zero attached hydrogens (tertiary/aromatic N) is 1. The summed E-state index contributed by atoms with van der Waals surface area (Å²) in [4.78, 5) is 33.0. The number of anilines is 2. The van der Waals surface area contributed by atoms with E-state index in [1.165, 1.54) is 12.1 Å². The molecular weight excluding hydrogens is 362 g/mol. The summed E-state index contributed by atoms with van der Waals surface area (Å²) in [6.45, 7) is 2.22. The molecule has 8 nitrogen and oxygen atoms in total. The molecule has 2 aromatic rings. The third kappa shape index (κ3) is 6.71. The fourth-order valence-electron chi connectivity index (χ4n) is 2.57. The second-order valence-corrected chi connectivity index (χ2v) is 6.52. The topological polar surface area (TPSA) is 122 Å². The molecular formula is C20H23N3O5. The van der Waals surface area contributed by atoms with E-state index in [2.05, 4.69) is 10.6 Å². The van der Waals surface area contributed by atoms with Crippen LogP contribution in [0.4, 0.5) is 17.1 Å². The molecule has 1 atom stereocenters. The quantitative estimate of drug-likeness (QED) is 0.326. The van der Waals surface area contributed by atoms with E-state index in [-0.39, 0.29) is 11.6 Å². The van der Waals surface area contributed by atoms with Crippen molar-refractivity contribution in [1.82, 2.24) is 0 Å². The predicted octanol–water partition coefficient (Wildman–Crippen LogP) is 3.69. The first-order valence-electron chi connectivity index (χ1n) is 8.95. The van der Waals surface area contributed by atoms with Gasteiger partial charge in [0.05, 0.1) is 10.8 Å². The standard InChI is InChI=1S/C20H23N3O5/c1-14(20(25)26)13-15-4-6-17(7-5-15)22-19(24)3-2-12-21-16-8-10-18(11-9-16)23(27)28/h4-11,14,21H,2-3,12-13H2,1H3,(H,22,24)(H,25,26). The maximum absolute atomic E-state index is 12.0. The fraction of sp³-hybridized carbons (Fsp3) is 0.300. The van der Waals surface area contributed by atoms with E-state index in [4.69, 9.17) is 5.11 Å². The summed E-state index contributed by atoms with van der Waals surface area (Å²) >= 11 is 0. The summed E-state index contributed by atoms with van der Waals surface area (Å²) < 4.78 is 0. The van der Waals surface area contributed by atoms with Crippen LogP contribution in [0.1, 0.15) is 25.3 Å². The maximum atomic E-state index is 12.0. The maximum Gasteiger partial charge on any atom is 0.306 e. The Morgan fingerprint density at radius 3 is 2.25 bits per heavy atom. The van der Waals surface area contributed by atoms with Crippen LogP contribution >= 0.6 is 0 Å². The molecule has 0 aliphatic heterocycles. The zero-order chi connectivity index (χ0) is 20.5. The van der Waals surface area contributed by atoms with Crippen molar-refractivity contribution in [2.45, 2.75) is 26.2 Å². The fourth-order valence-corrected chi connectivity index (χ4v) is 2.57. The van der Waals surface area contributed by atoms with Crippen LogP contribution in [0.5, 0.6) is 0 Å². The molecule has 0 saturated carbocycles. The van der Waals surface area contributed by atoms with E-state index >= 15 is 0 Å². The Bertz CT molecular complexity index is 819. The Kier molecular flexibility index (Phi) is 7.50. The average Bonchev–Trinajstić information content (AvgIpc) is 2.67. The zero-order valence-electron chi connectivity index (χ0n) is 15.6. The van der Waals surface area contributed by atoms with Gasteiger partial charge in [-0.3, -0.25) is 19.7 Å². The minimum atomic E-state index is -0.834. The summed E-state index contributed by atoms with van der Waals surface area (Å²) in [5.74, 6) is -1.40. The third-order valence-electron chi connectivity index (χ3n) is 4.19. The molecule has 0 radical (unpaired) electrons. The lowest BCUT2D eigenvalue weighted by Crippen LogP contribution is -2.14. The van der Waals surface area contributed by atoms with Gasteiger partial charge in [-0.1, -0.05) is 19.1 Å². The lowest BCUT2D eigenvalue weighted by Gasteiger charge is -2.09. The number of hydrogen-bond acceptors (Lipinski definition) is 5. The molecule has 1 unspecified atom stereocenters. The van der Waals surface area contributed by atoms with Gasteiger partial charge in [0.1, 0.15) is 0 Å². The molecule has 0 heterocycles. The molecule has 8 heteroatoms. The summed E-state index contributed by atoms with van der Waals surface area (Å²) in [5, 5.41) is 25.5. The molecule has 148 valence electrons. The number of carbonyl (C=O) groups excluding carboxylic acids is 1. The molecule has 0 spiro atoms. The van der Waals surface area contributed by atoms with Gasteiger partial charge in [0.25, 0.3) is 5.69 Å². The summed E-state index contributed by atoms with van der Waals surface area (Å²) in [6.07, 6.45) is 1.38. The number of hydrogen-bond donors (Lipinski definition) is 3. The summed E-state index contributed by atoms with van der Waals surface area (Å²) in [7, 11) is 0. The number of carbonyl (C=O) groups is 2. The van der Waals surface area contributed by atoms with Crippen molar-refractivity contribution in [3.05, 3.63) is 64.2 Å². The van der Waals surface area contributed by atoms with E-state index in [1.807, 2.05) is 12.1 Å². The number of carboxylic acids is 1. The van der Waals surface area contributed by atoms with Crippen LogP contribution in [-0.2, 0) is 16.0 Å². The van der Waals surface area contributed by atoms with Crippen molar-refractivity contribution in [3.63, 3.8) is 0 Å². The van der Waals surface area contributed by atoms with Gasteiger partial charge >= 0.3 is 5.97 Å². The number of aliphatic carboxylic acids is 1. The molecule has 3 N–H and O–H groups in total. The second-order valence-electron chi connectivity index (χ2n) is 6.52. The Labute approximate surface area is 162 Å². The normalized spacial score (nSPS) is 11.5. The van der Waals surface area contributed by atoms with Crippen molar-refractivity contribution >= 4 is 28.9 Å². The number of nitrogens with one attached hydrogen (secondary N) is 2. The van der Waals surface area contributed by atoms with Crippen molar-refractivity contribution in [2.24, 2.45) is 5.92 Å². The molecule has 28 heavy (non-hydrogen) atoms. The smallest absolute Gasteiger partial charge is 0.306 e. The highest BCUT2D eigenvalue weighted by atomic mass is 16.6. The molecule has 0 aliphatic rings. The van der Waals surface area contributed by atoms with Crippen molar-refractivity contribution in [1.29, 1.82) is 0 Å². The number of carboxylic acid groups (broad SMARTS) is 1. The molecule has 0 fully saturated rings. The van der Waals surface area contributed by atoms with Crippen LogP contribution < -0.4 is 10.6 Å². The number of nitro benzene ring substituents is 1. The van der Waals surface area contributed by atoms with E-state index in [0.717, 1.165) is 11.3 Å². The molecule has 0 aromatic heterocycles. The second kappa shape index (κ2) is 10.1. The first-order chi connectivity index (χ1) is 13.3. The number of benzene rings is 2. The van der Waals surface area contributed by atoms with E-state index in [9.17, 15) is 19.7 Å². The predicted molar refractivity (Wildman–Crippen MR) is 106 cm³/mol. The van der Waals surface area contributed by atoms with E-state index in [0.29, 0.717) is 31.5 Å². The van der Waals surface area contributed by atoms with Crippen molar-refractivity contribution in [3.8, 4) is 0 Å². The molecule has 0 saturated heterocycles. The van der Waals surface area contributed by atoms with Gasteiger partial charge in [-0.05, 0) is 42.7 Å².